The lowest BCUT2D eigenvalue weighted by Gasteiger charge is -1.97. The van der Waals surface area contributed by atoms with Crippen LogP contribution in [0.3, 0.4) is 0 Å². The van der Waals surface area contributed by atoms with Crippen LogP contribution in [0.5, 0.6) is 0 Å². The van der Waals surface area contributed by atoms with Crippen LogP contribution in [0, 0.1) is 0 Å². The van der Waals surface area contributed by atoms with Crippen molar-refractivity contribution >= 4 is 17.3 Å². The summed E-state index contributed by atoms with van der Waals surface area (Å²) < 4.78 is 0. The average Bonchev–Trinajstić information content (AvgIpc) is 2.53. The van der Waals surface area contributed by atoms with E-state index in [4.69, 9.17) is 5.11 Å². The summed E-state index contributed by atoms with van der Waals surface area (Å²) in [4.78, 5) is 14.4. The largest absolute Gasteiger partial charge is 0.476 e. The summed E-state index contributed by atoms with van der Waals surface area (Å²) in [6.45, 7) is 3.66. The van der Waals surface area contributed by atoms with E-state index < -0.39 is 5.97 Å². The van der Waals surface area contributed by atoms with Gasteiger partial charge in [0.1, 0.15) is 0 Å². The molecular formula is C8H12N2O2S. The number of thiazole rings is 1. The molecule has 0 fully saturated rings. The van der Waals surface area contributed by atoms with E-state index in [0.717, 1.165) is 18.7 Å². The summed E-state index contributed by atoms with van der Waals surface area (Å²) in [5.74, 6) is -0.952. The minimum Gasteiger partial charge on any atom is -0.476 e. The van der Waals surface area contributed by atoms with Crippen molar-refractivity contribution in [3.05, 3.63) is 16.1 Å². The molecule has 0 amide bonds. The third-order valence-corrected chi connectivity index (χ3v) is 2.35. The van der Waals surface area contributed by atoms with Crippen molar-refractivity contribution in [3.8, 4) is 0 Å². The van der Waals surface area contributed by atoms with Gasteiger partial charge in [-0.3, -0.25) is 0 Å². The van der Waals surface area contributed by atoms with Crippen LogP contribution in [0.15, 0.2) is 5.38 Å². The molecule has 2 N–H and O–H groups in total. The number of carbonyl (C=O) groups is 1. The topological polar surface area (TPSA) is 62.2 Å². The van der Waals surface area contributed by atoms with Crippen LogP contribution in [0.25, 0.3) is 0 Å². The fraction of sp³-hybridized carbons (Fsp3) is 0.500. The van der Waals surface area contributed by atoms with Crippen molar-refractivity contribution in [3.63, 3.8) is 0 Å². The maximum atomic E-state index is 10.5. The predicted octanol–water partition coefficient (Wildman–Crippen LogP) is 1.34. The van der Waals surface area contributed by atoms with Crippen LogP contribution in [-0.2, 0) is 6.54 Å². The van der Waals surface area contributed by atoms with Crippen LogP contribution in [0.4, 0.5) is 0 Å². The Hall–Kier alpha value is -0.940. The molecule has 1 rings (SSSR count). The zero-order valence-electron chi connectivity index (χ0n) is 7.41. The first-order valence-electron chi connectivity index (χ1n) is 4.12. The van der Waals surface area contributed by atoms with Gasteiger partial charge < -0.3 is 10.4 Å². The summed E-state index contributed by atoms with van der Waals surface area (Å²) in [7, 11) is 0. The van der Waals surface area contributed by atoms with E-state index in [0.29, 0.717) is 6.54 Å². The Balaban J connectivity index is 2.44. The van der Waals surface area contributed by atoms with E-state index in [1.807, 2.05) is 0 Å². The predicted molar refractivity (Wildman–Crippen MR) is 51.1 cm³/mol. The molecule has 0 aliphatic heterocycles. The smallest absolute Gasteiger partial charge is 0.365 e. The third-order valence-electron chi connectivity index (χ3n) is 1.47. The molecule has 5 heteroatoms. The minimum atomic E-state index is -0.952. The lowest BCUT2D eigenvalue weighted by Crippen LogP contribution is -2.14. The molecule has 0 aromatic carbocycles. The van der Waals surface area contributed by atoms with Crippen LogP contribution < -0.4 is 5.32 Å². The van der Waals surface area contributed by atoms with Crippen LogP contribution in [0.1, 0.15) is 28.8 Å². The van der Waals surface area contributed by atoms with Crippen molar-refractivity contribution < 1.29 is 9.90 Å². The molecule has 72 valence electrons. The fourth-order valence-corrected chi connectivity index (χ4v) is 1.53. The second kappa shape index (κ2) is 4.94. The molecule has 1 heterocycles. The maximum Gasteiger partial charge on any atom is 0.365 e. The highest BCUT2D eigenvalue weighted by atomic mass is 32.1. The fourth-order valence-electron chi connectivity index (χ4n) is 0.880. The molecule has 0 aliphatic rings. The lowest BCUT2D eigenvalue weighted by molar-refractivity contribution is 0.0696. The summed E-state index contributed by atoms with van der Waals surface area (Å²) in [6.07, 6.45) is 1.07. The second-order valence-electron chi connectivity index (χ2n) is 2.63. The molecule has 1 aromatic rings. The highest BCUT2D eigenvalue weighted by Gasteiger charge is 2.07. The highest BCUT2D eigenvalue weighted by Crippen LogP contribution is 2.08. The number of carboxylic acid groups (broad SMARTS) is 1. The number of hydrogen-bond donors (Lipinski definition) is 2. The molecule has 4 nitrogen and oxygen atoms in total. The molecule has 0 aliphatic carbocycles. The summed E-state index contributed by atoms with van der Waals surface area (Å²) in [5, 5.41) is 13.7. The average molecular weight is 200 g/mol. The first kappa shape index (κ1) is 10.1. The summed E-state index contributed by atoms with van der Waals surface area (Å²) in [5.41, 5.74) is 0.802. The van der Waals surface area contributed by atoms with Gasteiger partial charge in [0.25, 0.3) is 0 Å². The highest BCUT2D eigenvalue weighted by molar-refractivity contribution is 7.11. The van der Waals surface area contributed by atoms with Crippen LogP contribution in [0.2, 0.25) is 0 Å². The van der Waals surface area contributed by atoms with Gasteiger partial charge in [-0.1, -0.05) is 6.92 Å². The molecule has 0 spiro atoms. The number of nitrogens with one attached hydrogen (secondary N) is 1. The summed E-state index contributed by atoms with van der Waals surface area (Å²) in [6, 6.07) is 0. The van der Waals surface area contributed by atoms with Crippen LogP contribution >= 0.6 is 11.3 Å². The molecule has 13 heavy (non-hydrogen) atoms. The van der Waals surface area contributed by atoms with Gasteiger partial charge >= 0.3 is 5.97 Å². The van der Waals surface area contributed by atoms with E-state index in [1.165, 1.54) is 11.3 Å². The van der Waals surface area contributed by atoms with Crippen molar-refractivity contribution in [1.82, 2.24) is 10.3 Å². The van der Waals surface area contributed by atoms with Gasteiger partial charge in [-0.25, -0.2) is 9.78 Å². The third kappa shape index (κ3) is 3.12. The Bertz CT molecular complexity index is 285. The maximum absolute atomic E-state index is 10.5. The normalized spacial score (nSPS) is 10.2. The van der Waals surface area contributed by atoms with Crippen molar-refractivity contribution in [2.24, 2.45) is 0 Å². The van der Waals surface area contributed by atoms with E-state index in [-0.39, 0.29) is 5.01 Å². The van der Waals surface area contributed by atoms with Gasteiger partial charge in [0.05, 0.1) is 5.69 Å². The lowest BCUT2D eigenvalue weighted by atomic mass is 10.4. The number of rotatable bonds is 5. The molecule has 0 unspecified atom stereocenters. The zero-order valence-corrected chi connectivity index (χ0v) is 8.23. The number of aromatic nitrogens is 1. The van der Waals surface area contributed by atoms with Gasteiger partial charge in [0.15, 0.2) is 0 Å². The van der Waals surface area contributed by atoms with Crippen molar-refractivity contribution in [2.45, 2.75) is 19.9 Å². The van der Waals surface area contributed by atoms with Gasteiger partial charge in [-0.15, -0.1) is 11.3 Å². The number of carboxylic acids is 1. The molecule has 0 saturated heterocycles. The first-order valence-corrected chi connectivity index (χ1v) is 5.00. The molecule has 1 aromatic heterocycles. The van der Waals surface area contributed by atoms with E-state index >= 15 is 0 Å². The minimum absolute atomic E-state index is 0.160. The van der Waals surface area contributed by atoms with E-state index in [9.17, 15) is 4.79 Å². The Morgan fingerprint density at radius 3 is 3.08 bits per heavy atom. The SMILES string of the molecule is CCCNCc1csc(C(=O)O)n1. The summed E-state index contributed by atoms with van der Waals surface area (Å²) >= 11 is 1.17. The van der Waals surface area contributed by atoms with Crippen molar-refractivity contribution in [2.75, 3.05) is 6.54 Å². The first-order chi connectivity index (χ1) is 6.24. The van der Waals surface area contributed by atoms with Gasteiger partial charge in [-0.2, -0.15) is 0 Å². The zero-order chi connectivity index (χ0) is 9.68. The second-order valence-corrected chi connectivity index (χ2v) is 3.48. The Morgan fingerprint density at radius 1 is 1.77 bits per heavy atom. The van der Waals surface area contributed by atoms with E-state index in [1.54, 1.807) is 5.38 Å². The number of aromatic carboxylic acids is 1. The number of nitrogens with zero attached hydrogens (tertiary/aromatic N) is 1. The standard InChI is InChI=1S/C8H12N2O2S/c1-2-3-9-4-6-5-13-7(10-6)8(11)12/h5,9H,2-4H2,1H3,(H,11,12). The monoisotopic (exact) mass is 200 g/mol. The molecule has 0 bridgehead atoms. The Kier molecular flexibility index (Phi) is 3.85. The van der Waals surface area contributed by atoms with Crippen LogP contribution in [-0.4, -0.2) is 22.6 Å². The van der Waals surface area contributed by atoms with E-state index in [2.05, 4.69) is 17.2 Å². The molecular weight excluding hydrogens is 188 g/mol. The Morgan fingerprint density at radius 2 is 2.54 bits per heavy atom. The van der Waals surface area contributed by atoms with Gasteiger partial charge in [0.2, 0.25) is 5.01 Å². The Labute approximate surface area is 80.6 Å². The molecule has 0 atom stereocenters. The van der Waals surface area contributed by atoms with Crippen molar-refractivity contribution in [1.29, 1.82) is 0 Å². The number of hydrogen-bond acceptors (Lipinski definition) is 4. The van der Waals surface area contributed by atoms with Gasteiger partial charge in [-0.05, 0) is 13.0 Å². The molecule has 0 radical (unpaired) electrons. The molecule has 0 saturated carbocycles. The van der Waals surface area contributed by atoms with Gasteiger partial charge in [0, 0.05) is 11.9 Å². The quantitative estimate of drug-likeness (QED) is 0.704.